The molecule has 0 aliphatic heterocycles. The molecule has 0 bridgehead atoms. The number of hydrogen-bond donors (Lipinski definition) is 1. The van der Waals surface area contributed by atoms with Gasteiger partial charge in [0.05, 0.1) is 23.8 Å². The maximum absolute atomic E-state index is 14.1. The van der Waals surface area contributed by atoms with Crippen LogP contribution in [0.4, 0.5) is 4.39 Å². The summed E-state index contributed by atoms with van der Waals surface area (Å²) >= 11 is 1.49. The van der Waals surface area contributed by atoms with Gasteiger partial charge in [0.25, 0.3) is 5.91 Å². The summed E-state index contributed by atoms with van der Waals surface area (Å²) in [5.74, 6) is 0.175. The number of imidazole rings is 1. The first-order valence-electron chi connectivity index (χ1n) is 11.7. The Kier molecular flexibility index (Phi) is 7.38. The maximum atomic E-state index is 14.1. The summed E-state index contributed by atoms with van der Waals surface area (Å²) in [6.45, 7) is 1.15. The van der Waals surface area contributed by atoms with Crippen molar-refractivity contribution in [2.24, 2.45) is 0 Å². The molecule has 0 saturated carbocycles. The van der Waals surface area contributed by atoms with E-state index in [0.29, 0.717) is 30.0 Å². The predicted octanol–water partition coefficient (Wildman–Crippen LogP) is 5.88. The monoisotopic (exact) mass is 496 g/mol. The Labute approximate surface area is 213 Å². The molecule has 7 heteroatoms. The summed E-state index contributed by atoms with van der Waals surface area (Å²) in [5.41, 5.74) is 5.25. The molecule has 0 aliphatic carbocycles. The minimum absolute atomic E-state index is 0.0871. The first-order chi connectivity index (χ1) is 17.7. The molecule has 3 aromatic carbocycles. The predicted molar refractivity (Wildman–Crippen MR) is 142 cm³/mol. The molecule has 2 heterocycles. The van der Waals surface area contributed by atoms with Crippen LogP contribution in [0.5, 0.6) is 0 Å². The number of halogens is 1. The van der Waals surface area contributed by atoms with Gasteiger partial charge in [-0.1, -0.05) is 72.4 Å². The second kappa shape index (κ2) is 11.2. The van der Waals surface area contributed by atoms with Crippen LogP contribution in [0.3, 0.4) is 0 Å². The van der Waals surface area contributed by atoms with Gasteiger partial charge in [-0.2, -0.15) is 0 Å². The quantitative estimate of drug-likeness (QED) is 0.259. The van der Waals surface area contributed by atoms with Crippen molar-refractivity contribution in [1.29, 1.82) is 0 Å². The Morgan fingerprint density at radius 1 is 0.917 bits per heavy atom. The highest BCUT2D eigenvalue weighted by Gasteiger charge is 2.14. The van der Waals surface area contributed by atoms with Crippen molar-refractivity contribution in [2.45, 2.75) is 23.9 Å². The molecule has 5 rings (SSSR count). The fourth-order valence-corrected chi connectivity index (χ4v) is 4.98. The lowest BCUT2D eigenvalue weighted by Crippen LogP contribution is -2.25. The number of thioether (sulfide) groups is 1. The fraction of sp³-hybridized carbons (Fsp3) is 0.138. The minimum atomic E-state index is -0.216. The van der Waals surface area contributed by atoms with Crippen LogP contribution in [0.2, 0.25) is 0 Å². The van der Waals surface area contributed by atoms with E-state index in [1.807, 2.05) is 54.6 Å². The molecule has 1 N–H and O–H groups in total. The number of fused-ring (bicyclic) bond motifs is 1. The number of pyridine rings is 1. The zero-order valence-corrected chi connectivity index (χ0v) is 20.4. The van der Waals surface area contributed by atoms with E-state index in [2.05, 4.69) is 27.0 Å². The van der Waals surface area contributed by atoms with E-state index < -0.39 is 0 Å². The summed E-state index contributed by atoms with van der Waals surface area (Å²) in [6, 6.07) is 26.4. The van der Waals surface area contributed by atoms with Crippen molar-refractivity contribution in [3.8, 4) is 0 Å². The van der Waals surface area contributed by atoms with E-state index in [0.717, 1.165) is 28.2 Å². The first kappa shape index (κ1) is 23.8. The number of nitrogens with one attached hydrogen (secondary N) is 1. The number of carbonyl (C=O) groups excluding carboxylic acids is 1. The van der Waals surface area contributed by atoms with Gasteiger partial charge in [0, 0.05) is 24.1 Å². The topological polar surface area (TPSA) is 59.8 Å². The molecule has 0 radical (unpaired) electrons. The largest absolute Gasteiger partial charge is 0.352 e. The van der Waals surface area contributed by atoms with Crippen LogP contribution in [0.1, 0.15) is 27.0 Å². The van der Waals surface area contributed by atoms with Crippen LogP contribution in [0, 0.1) is 5.82 Å². The van der Waals surface area contributed by atoms with Gasteiger partial charge in [-0.05, 0) is 47.4 Å². The zero-order chi connectivity index (χ0) is 24.7. The van der Waals surface area contributed by atoms with Crippen LogP contribution in [0.25, 0.3) is 11.0 Å². The van der Waals surface area contributed by atoms with Gasteiger partial charge in [-0.3, -0.25) is 9.78 Å². The van der Waals surface area contributed by atoms with Crippen molar-refractivity contribution in [1.82, 2.24) is 19.9 Å². The second-order valence-corrected chi connectivity index (χ2v) is 9.36. The van der Waals surface area contributed by atoms with Crippen LogP contribution in [0.15, 0.2) is 102 Å². The van der Waals surface area contributed by atoms with Gasteiger partial charge < -0.3 is 9.88 Å². The number of carbonyl (C=O) groups is 1. The molecule has 0 unspecified atom stereocenters. The summed E-state index contributed by atoms with van der Waals surface area (Å²) in [4.78, 5) is 21.6. The summed E-state index contributed by atoms with van der Waals surface area (Å²) in [5, 5.41) is 3.78. The van der Waals surface area contributed by atoms with Crippen LogP contribution < -0.4 is 5.32 Å². The van der Waals surface area contributed by atoms with E-state index in [-0.39, 0.29) is 11.7 Å². The molecule has 0 fully saturated rings. The van der Waals surface area contributed by atoms with Gasteiger partial charge in [0.15, 0.2) is 5.16 Å². The smallest absolute Gasteiger partial charge is 0.251 e. The Balaban J connectivity index is 1.27. The Morgan fingerprint density at radius 2 is 1.69 bits per heavy atom. The number of amides is 1. The Bertz CT molecular complexity index is 1470. The zero-order valence-electron chi connectivity index (χ0n) is 19.6. The second-order valence-electron chi connectivity index (χ2n) is 8.41. The molecule has 1 amide bonds. The number of hydrogen-bond acceptors (Lipinski definition) is 4. The molecule has 0 saturated heterocycles. The fourth-order valence-electron chi connectivity index (χ4n) is 3.98. The average molecular weight is 497 g/mol. The number of nitrogens with zero attached hydrogens (tertiary/aromatic N) is 3. The third kappa shape index (κ3) is 5.63. The van der Waals surface area contributed by atoms with Crippen molar-refractivity contribution in [3.63, 3.8) is 0 Å². The molecule has 2 aromatic heterocycles. The molecule has 0 aliphatic rings. The van der Waals surface area contributed by atoms with E-state index in [1.54, 1.807) is 24.5 Å². The number of benzene rings is 3. The van der Waals surface area contributed by atoms with Crippen LogP contribution in [-0.4, -0.2) is 27.0 Å². The third-order valence-electron chi connectivity index (χ3n) is 5.93. The van der Waals surface area contributed by atoms with Gasteiger partial charge in [-0.15, -0.1) is 0 Å². The highest BCUT2D eigenvalue weighted by atomic mass is 32.2. The third-order valence-corrected chi connectivity index (χ3v) is 6.95. The van der Waals surface area contributed by atoms with Crippen molar-refractivity contribution >= 4 is 28.7 Å². The number of rotatable bonds is 9. The lowest BCUT2D eigenvalue weighted by Gasteiger charge is -2.10. The maximum Gasteiger partial charge on any atom is 0.251 e. The molecule has 5 nitrogen and oxygen atoms in total. The van der Waals surface area contributed by atoms with E-state index >= 15 is 0 Å². The van der Waals surface area contributed by atoms with Gasteiger partial charge in [0.2, 0.25) is 0 Å². The first-order valence-corrected chi connectivity index (χ1v) is 12.7. The Morgan fingerprint density at radius 3 is 2.50 bits per heavy atom. The Hall–Kier alpha value is -3.97. The molecule has 5 aromatic rings. The lowest BCUT2D eigenvalue weighted by molar-refractivity contribution is 0.0954. The molecular formula is C29H25FN4OS. The molecular weight excluding hydrogens is 471 g/mol. The van der Waals surface area contributed by atoms with Gasteiger partial charge in [0.1, 0.15) is 5.82 Å². The van der Waals surface area contributed by atoms with E-state index in [4.69, 9.17) is 4.98 Å². The summed E-state index contributed by atoms with van der Waals surface area (Å²) in [6.07, 6.45) is 4.31. The average Bonchev–Trinajstić information content (AvgIpc) is 3.26. The number of aromatic nitrogens is 3. The minimum Gasteiger partial charge on any atom is -0.352 e. The van der Waals surface area contributed by atoms with Crippen molar-refractivity contribution in [2.75, 3.05) is 6.54 Å². The highest BCUT2D eigenvalue weighted by molar-refractivity contribution is 7.98. The molecule has 180 valence electrons. The summed E-state index contributed by atoms with van der Waals surface area (Å²) < 4.78 is 16.2. The van der Waals surface area contributed by atoms with Crippen molar-refractivity contribution in [3.05, 3.63) is 125 Å². The molecule has 0 atom stereocenters. The van der Waals surface area contributed by atoms with Gasteiger partial charge in [-0.25, -0.2) is 9.37 Å². The van der Waals surface area contributed by atoms with Crippen LogP contribution in [-0.2, 0) is 18.7 Å². The van der Waals surface area contributed by atoms with E-state index in [1.165, 1.54) is 23.4 Å². The summed E-state index contributed by atoms with van der Waals surface area (Å²) in [7, 11) is 0. The molecule has 0 spiro atoms. The lowest BCUT2D eigenvalue weighted by atomic mass is 10.1. The van der Waals surface area contributed by atoms with Crippen LogP contribution >= 0.6 is 11.8 Å². The van der Waals surface area contributed by atoms with Crippen molar-refractivity contribution < 1.29 is 9.18 Å². The molecule has 36 heavy (non-hydrogen) atoms. The van der Waals surface area contributed by atoms with E-state index in [9.17, 15) is 9.18 Å². The SMILES string of the molecule is O=C(NCCc1ccccc1)c1ccc(Cn2c(SCc3ccccc3F)nc3ccncc32)cc1. The van der Waals surface area contributed by atoms with Gasteiger partial charge >= 0.3 is 0 Å². The normalized spacial score (nSPS) is 11.0. The highest BCUT2D eigenvalue weighted by Crippen LogP contribution is 2.28. The standard InChI is InChI=1S/C29H25FN4OS/c30-25-9-5-4-8-24(25)20-36-29-33-26-15-16-31-18-27(26)34(29)19-22-10-12-23(13-11-22)28(35)32-17-14-21-6-2-1-3-7-21/h1-13,15-16,18H,14,17,19-20H2,(H,32,35).